The van der Waals surface area contributed by atoms with Crippen LogP contribution >= 0.6 is 11.3 Å². The van der Waals surface area contributed by atoms with Gasteiger partial charge in [-0.2, -0.15) is 0 Å². The Bertz CT molecular complexity index is 638. The fourth-order valence-electron chi connectivity index (χ4n) is 1.84. The third-order valence-electron chi connectivity index (χ3n) is 3.00. The normalized spacial score (nSPS) is 11.4. The van der Waals surface area contributed by atoms with Gasteiger partial charge in [0.2, 0.25) is 0 Å². The van der Waals surface area contributed by atoms with Crippen molar-refractivity contribution in [2.24, 2.45) is 0 Å². The van der Waals surface area contributed by atoms with Crippen LogP contribution in [0.3, 0.4) is 0 Å². The van der Waals surface area contributed by atoms with E-state index in [-0.39, 0.29) is 11.0 Å². The number of thiophene rings is 1. The van der Waals surface area contributed by atoms with Crippen molar-refractivity contribution in [1.82, 2.24) is 0 Å². The first kappa shape index (κ1) is 14.7. The molecule has 1 heterocycles. The number of esters is 1. The van der Waals surface area contributed by atoms with Crippen LogP contribution in [0.25, 0.3) is 10.4 Å². The van der Waals surface area contributed by atoms with Gasteiger partial charge in [-0.25, -0.2) is 9.18 Å². The van der Waals surface area contributed by atoms with Gasteiger partial charge in [0, 0.05) is 9.75 Å². The molecule has 0 saturated carbocycles. The minimum atomic E-state index is -0.657. The molecule has 0 fully saturated rings. The Morgan fingerprint density at radius 3 is 2.40 bits per heavy atom. The summed E-state index contributed by atoms with van der Waals surface area (Å²) in [6.07, 6.45) is 0. The monoisotopic (exact) mass is 292 g/mol. The van der Waals surface area contributed by atoms with E-state index >= 15 is 0 Å². The van der Waals surface area contributed by atoms with Gasteiger partial charge in [-0.05, 0) is 35.2 Å². The maximum atomic E-state index is 13.9. The summed E-state index contributed by atoms with van der Waals surface area (Å²) in [6.45, 7) is 6.43. The van der Waals surface area contributed by atoms with Crippen molar-refractivity contribution < 1.29 is 13.9 Å². The average Bonchev–Trinajstić information content (AvgIpc) is 2.87. The van der Waals surface area contributed by atoms with Crippen LogP contribution in [0.5, 0.6) is 0 Å². The van der Waals surface area contributed by atoms with Crippen molar-refractivity contribution in [3.8, 4) is 10.4 Å². The summed E-state index contributed by atoms with van der Waals surface area (Å²) in [5.41, 5.74) is 0.812. The van der Waals surface area contributed by atoms with E-state index in [1.54, 1.807) is 17.4 Å². The van der Waals surface area contributed by atoms with Gasteiger partial charge in [0.05, 0.1) is 12.7 Å². The number of carbonyl (C=O) groups is 1. The number of halogens is 1. The van der Waals surface area contributed by atoms with E-state index in [1.807, 2.05) is 6.07 Å². The van der Waals surface area contributed by atoms with Gasteiger partial charge < -0.3 is 4.74 Å². The van der Waals surface area contributed by atoms with E-state index in [0.29, 0.717) is 0 Å². The van der Waals surface area contributed by atoms with Crippen molar-refractivity contribution >= 4 is 17.3 Å². The van der Waals surface area contributed by atoms with Crippen molar-refractivity contribution in [2.45, 2.75) is 26.2 Å². The molecule has 1 aromatic heterocycles. The lowest BCUT2D eigenvalue weighted by Gasteiger charge is -2.15. The molecule has 0 bridgehead atoms. The molecule has 0 amide bonds. The molecule has 106 valence electrons. The first-order chi connectivity index (χ1) is 9.32. The zero-order chi connectivity index (χ0) is 14.9. The number of ether oxygens (including phenoxy) is 1. The Hall–Kier alpha value is -1.68. The molecule has 0 aliphatic rings. The molecular formula is C16H17FO2S. The van der Waals surface area contributed by atoms with Crippen LogP contribution in [0.15, 0.2) is 30.3 Å². The second-order valence-corrected chi connectivity index (χ2v) is 6.68. The highest BCUT2D eigenvalue weighted by atomic mass is 32.1. The number of methoxy groups -OCH3 is 1. The number of benzene rings is 1. The first-order valence-electron chi connectivity index (χ1n) is 6.31. The Labute approximate surface area is 122 Å². The zero-order valence-corrected chi connectivity index (χ0v) is 12.8. The van der Waals surface area contributed by atoms with Gasteiger partial charge in [0.1, 0.15) is 5.82 Å². The van der Waals surface area contributed by atoms with E-state index in [0.717, 1.165) is 10.4 Å². The standard InChI is InChI=1S/C16H17FO2S/c1-16(2,3)14-8-7-13(20-14)10-5-6-11(12(17)9-10)15(18)19-4/h5-9H,1-4H3. The van der Waals surface area contributed by atoms with Crippen LogP contribution in [0.1, 0.15) is 36.0 Å². The third-order valence-corrected chi connectivity index (χ3v) is 4.56. The molecule has 0 N–H and O–H groups in total. The van der Waals surface area contributed by atoms with Crippen LogP contribution in [0.4, 0.5) is 4.39 Å². The topological polar surface area (TPSA) is 26.3 Å². The van der Waals surface area contributed by atoms with E-state index < -0.39 is 11.8 Å². The molecule has 0 spiro atoms. The second-order valence-electron chi connectivity index (χ2n) is 5.60. The third kappa shape index (κ3) is 2.90. The van der Waals surface area contributed by atoms with E-state index in [1.165, 1.54) is 24.1 Å². The molecule has 0 unspecified atom stereocenters. The lowest BCUT2D eigenvalue weighted by molar-refractivity contribution is 0.0595. The molecule has 2 rings (SSSR count). The molecule has 0 aliphatic carbocycles. The summed E-state index contributed by atoms with van der Waals surface area (Å²) in [6, 6.07) is 8.63. The first-order valence-corrected chi connectivity index (χ1v) is 7.13. The molecule has 0 aliphatic heterocycles. The number of hydrogen-bond donors (Lipinski definition) is 0. The lowest BCUT2D eigenvalue weighted by Crippen LogP contribution is -2.07. The molecule has 4 heteroatoms. The van der Waals surface area contributed by atoms with Crippen molar-refractivity contribution in [3.05, 3.63) is 46.6 Å². The number of carbonyl (C=O) groups excluding carboxylic acids is 1. The van der Waals surface area contributed by atoms with Crippen molar-refractivity contribution in [1.29, 1.82) is 0 Å². The van der Waals surface area contributed by atoms with Crippen LogP contribution in [-0.2, 0) is 10.2 Å². The van der Waals surface area contributed by atoms with Crippen LogP contribution in [0.2, 0.25) is 0 Å². The molecule has 20 heavy (non-hydrogen) atoms. The largest absolute Gasteiger partial charge is 0.465 e. The van der Waals surface area contributed by atoms with E-state index in [9.17, 15) is 9.18 Å². The van der Waals surface area contributed by atoms with E-state index in [2.05, 4.69) is 31.6 Å². The van der Waals surface area contributed by atoms with Gasteiger partial charge in [-0.1, -0.05) is 26.8 Å². The fraction of sp³-hybridized carbons (Fsp3) is 0.312. The van der Waals surface area contributed by atoms with Crippen LogP contribution in [-0.4, -0.2) is 13.1 Å². The molecule has 1 aromatic carbocycles. The lowest BCUT2D eigenvalue weighted by atomic mass is 9.95. The Morgan fingerprint density at radius 2 is 1.90 bits per heavy atom. The van der Waals surface area contributed by atoms with E-state index in [4.69, 9.17) is 0 Å². The zero-order valence-electron chi connectivity index (χ0n) is 12.0. The predicted molar refractivity (Wildman–Crippen MR) is 79.8 cm³/mol. The number of hydrogen-bond acceptors (Lipinski definition) is 3. The van der Waals surface area contributed by atoms with Gasteiger partial charge in [0.15, 0.2) is 0 Å². The SMILES string of the molecule is COC(=O)c1ccc(-c2ccc(C(C)(C)C)s2)cc1F. The summed E-state index contributed by atoms with van der Waals surface area (Å²) >= 11 is 1.64. The summed E-state index contributed by atoms with van der Waals surface area (Å²) in [4.78, 5) is 13.6. The molecule has 2 aromatic rings. The summed E-state index contributed by atoms with van der Waals surface area (Å²) < 4.78 is 18.5. The fourth-order valence-corrected chi connectivity index (χ4v) is 2.90. The van der Waals surface area contributed by atoms with Crippen molar-refractivity contribution in [3.63, 3.8) is 0 Å². The Kier molecular flexibility index (Phi) is 3.95. The number of rotatable bonds is 2. The highest BCUT2D eigenvalue weighted by Gasteiger charge is 2.18. The highest BCUT2D eigenvalue weighted by Crippen LogP contribution is 2.35. The average molecular weight is 292 g/mol. The van der Waals surface area contributed by atoms with Crippen LogP contribution < -0.4 is 0 Å². The molecule has 0 radical (unpaired) electrons. The highest BCUT2D eigenvalue weighted by molar-refractivity contribution is 7.15. The Morgan fingerprint density at radius 1 is 1.20 bits per heavy atom. The quantitative estimate of drug-likeness (QED) is 0.754. The Balaban J connectivity index is 2.37. The minimum absolute atomic E-state index is 0.0381. The minimum Gasteiger partial charge on any atom is -0.465 e. The maximum Gasteiger partial charge on any atom is 0.340 e. The summed E-state index contributed by atoms with van der Waals surface area (Å²) in [5, 5.41) is 0. The summed E-state index contributed by atoms with van der Waals surface area (Å²) in [5.74, 6) is -1.21. The van der Waals surface area contributed by atoms with Gasteiger partial charge in [-0.15, -0.1) is 11.3 Å². The smallest absolute Gasteiger partial charge is 0.340 e. The molecular weight excluding hydrogens is 275 g/mol. The van der Waals surface area contributed by atoms with Crippen LogP contribution in [0, 0.1) is 5.82 Å². The van der Waals surface area contributed by atoms with Gasteiger partial charge >= 0.3 is 5.97 Å². The molecule has 0 atom stereocenters. The van der Waals surface area contributed by atoms with Gasteiger partial charge in [-0.3, -0.25) is 0 Å². The second kappa shape index (κ2) is 5.37. The maximum absolute atomic E-state index is 13.9. The summed E-state index contributed by atoms with van der Waals surface area (Å²) in [7, 11) is 1.24. The van der Waals surface area contributed by atoms with Crippen molar-refractivity contribution in [2.75, 3.05) is 7.11 Å². The molecule has 2 nitrogen and oxygen atoms in total. The molecule has 0 saturated heterocycles. The predicted octanol–water partition coefficient (Wildman–Crippen LogP) is 4.64. The van der Waals surface area contributed by atoms with Gasteiger partial charge in [0.25, 0.3) is 0 Å².